The highest BCUT2D eigenvalue weighted by Crippen LogP contribution is 2.38. The van der Waals surface area contributed by atoms with E-state index in [1.165, 1.54) is 11.3 Å². The maximum Gasteiger partial charge on any atom is 0.278 e. The van der Waals surface area contributed by atoms with Crippen LogP contribution in [0.3, 0.4) is 0 Å². The Morgan fingerprint density at radius 2 is 1.84 bits per heavy atom. The quantitative estimate of drug-likeness (QED) is 0.601. The first kappa shape index (κ1) is 20.9. The summed E-state index contributed by atoms with van der Waals surface area (Å²) in [7, 11) is 4.70. The molecular weight excluding hydrogens is 418 g/mol. The molecule has 0 saturated carbocycles. The third kappa shape index (κ3) is 4.00. The van der Waals surface area contributed by atoms with Gasteiger partial charge in [0, 0.05) is 23.6 Å². The Morgan fingerprint density at radius 3 is 2.58 bits per heavy atom. The van der Waals surface area contributed by atoms with Crippen molar-refractivity contribution in [3.05, 3.63) is 46.0 Å². The van der Waals surface area contributed by atoms with Crippen LogP contribution in [0.15, 0.2) is 28.8 Å². The van der Waals surface area contributed by atoms with Crippen LogP contribution in [-0.4, -0.2) is 38.2 Å². The maximum atomic E-state index is 12.9. The van der Waals surface area contributed by atoms with Crippen LogP contribution in [0.4, 0.5) is 5.00 Å². The van der Waals surface area contributed by atoms with Crippen LogP contribution in [0.25, 0.3) is 11.3 Å². The van der Waals surface area contributed by atoms with Crippen molar-refractivity contribution >= 4 is 28.2 Å². The van der Waals surface area contributed by atoms with Crippen molar-refractivity contribution < 1.29 is 23.6 Å². The molecule has 0 radical (unpaired) electrons. The molecule has 0 saturated heterocycles. The second kappa shape index (κ2) is 8.81. The van der Waals surface area contributed by atoms with Crippen LogP contribution < -0.4 is 20.1 Å². The number of hydrogen-bond acceptors (Lipinski definition) is 7. The van der Waals surface area contributed by atoms with Gasteiger partial charge in [-0.2, -0.15) is 0 Å². The largest absolute Gasteiger partial charge is 0.493 e. The van der Waals surface area contributed by atoms with Crippen LogP contribution in [0.5, 0.6) is 11.5 Å². The van der Waals surface area contributed by atoms with E-state index in [0.717, 1.165) is 36.1 Å². The van der Waals surface area contributed by atoms with Gasteiger partial charge in [-0.05, 0) is 49.4 Å². The Kier molecular flexibility index (Phi) is 5.94. The first-order valence-corrected chi connectivity index (χ1v) is 10.7. The van der Waals surface area contributed by atoms with Gasteiger partial charge in [-0.15, -0.1) is 11.3 Å². The molecule has 2 amide bonds. The van der Waals surface area contributed by atoms with Crippen LogP contribution in [-0.2, 0) is 12.8 Å². The summed E-state index contributed by atoms with van der Waals surface area (Å²) >= 11 is 1.46. The molecule has 4 rings (SSSR count). The molecule has 0 fully saturated rings. The van der Waals surface area contributed by atoms with Crippen molar-refractivity contribution in [2.75, 3.05) is 26.6 Å². The second-order valence-electron chi connectivity index (χ2n) is 7.09. The van der Waals surface area contributed by atoms with Crippen LogP contribution in [0.1, 0.15) is 44.1 Å². The molecule has 2 heterocycles. The molecule has 2 aromatic heterocycles. The lowest BCUT2D eigenvalue weighted by atomic mass is 9.95. The van der Waals surface area contributed by atoms with E-state index >= 15 is 0 Å². The Hall–Kier alpha value is -3.33. The summed E-state index contributed by atoms with van der Waals surface area (Å²) in [6, 6.07) is 6.85. The van der Waals surface area contributed by atoms with Gasteiger partial charge in [0.2, 0.25) is 0 Å². The number of carbonyl (C=O) groups excluding carboxylic acids is 2. The number of ether oxygens (including phenoxy) is 2. The lowest BCUT2D eigenvalue weighted by molar-refractivity contribution is 0.0963. The van der Waals surface area contributed by atoms with Crippen LogP contribution >= 0.6 is 11.3 Å². The number of fused-ring (bicyclic) bond motifs is 1. The molecule has 0 atom stereocenters. The fraction of sp³-hybridized carbons (Fsp3) is 0.318. The standard InChI is InChI=1S/C22H23N3O5S/c1-23-21(27)19-13-6-4-5-7-18(13)31-22(19)24-20(26)14-11-16(30-25-14)12-8-9-15(28-2)17(10-12)29-3/h8-11H,4-7H2,1-3H3,(H,23,27)(H,24,26). The van der Waals surface area contributed by atoms with Gasteiger partial charge in [-0.25, -0.2) is 0 Å². The number of nitrogens with zero attached hydrogens (tertiary/aromatic N) is 1. The van der Waals surface area contributed by atoms with Crippen molar-refractivity contribution in [2.24, 2.45) is 0 Å². The van der Waals surface area contributed by atoms with E-state index in [4.69, 9.17) is 14.0 Å². The van der Waals surface area contributed by atoms with Gasteiger partial charge in [0.05, 0.1) is 19.8 Å². The van der Waals surface area contributed by atoms with Crippen molar-refractivity contribution in [1.82, 2.24) is 10.5 Å². The summed E-state index contributed by atoms with van der Waals surface area (Å²) in [5.41, 5.74) is 2.41. The predicted octanol–water partition coefficient (Wildman–Crippen LogP) is 3.91. The Bertz CT molecular complexity index is 1130. The molecule has 0 unspecified atom stereocenters. The number of benzene rings is 1. The summed E-state index contributed by atoms with van der Waals surface area (Å²) in [5, 5.41) is 9.99. The second-order valence-corrected chi connectivity index (χ2v) is 8.20. The van der Waals surface area contributed by atoms with E-state index in [1.807, 2.05) is 0 Å². The highest BCUT2D eigenvalue weighted by molar-refractivity contribution is 7.17. The minimum Gasteiger partial charge on any atom is -0.493 e. The van der Waals surface area contributed by atoms with Gasteiger partial charge < -0.3 is 24.6 Å². The number of aromatic nitrogens is 1. The molecule has 2 N–H and O–H groups in total. The minimum atomic E-state index is -0.431. The van der Waals surface area contributed by atoms with E-state index in [-0.39, 0.29) is 11.6 Å². The highest BCUT2D eigenvalue weighted by Gasteiger charge is 2.26. The third-order valence-electron chi connectivity index (χ3n) is 5.26. The molecular formula is C22H23N3O5S. The first-order valence-electron chi connectivity index (χ1n) is 9.92. The van der Waals surface area contributed by atoms with Gasteiger partial charge in [0.15, 0.2) is 23.0 Å². The lowest BCUT2D eigenvalue weighted by Crippen LogP contribution is -2.22. The van der Waals surface area contributed by atoms with Gasteiger partial charge in [-0.1, -0.05) is 5.16 Å². The molecule has 0 bridgehead atoms. The van der Waals surface area contributed by atoms with E-state index in [0.29, 0.717) is 33.4 Å². The van der Waals surface area contributed by atoms with E-state index in [2.05, 4.69) is 15.8 Å². The molecule has 0 aliphatic heterocycles. The number of nitrogens with one attached hydrogen (secondary N) is 2. The normalized spacial score (nSPS) is 12.7. The summed E-state index contributed by atoms with van der Waals surface area (Å²) in [5.74, 6) is 0.928. The van der Waals surface area contributed by atoms with Crippen molar-refractivity contribution in [3.8, 4) is 22.8 Å². The number of hydrogen-bond donors (Lipinski definition) is 2. The number of anilines is 1. The Morgan fingerprint density at radius 1 is 1.06 bits per heavy atom. The number of methoxy groups -OCH3 is 2. The first-order chi connectivity index (χ1) is 15.0. The zero-order valence-corrected chi connectivity index (χ0v) is 18.4. The summed E-state index contributed by atoms with van der Waals surface area (Å²) in [4.78, 5) is 26.5. The molecule has 0 spiro atoms. The van der Waals surface area contributed by atoms with E-state index in [9.17, 15) is 9.59 Å². The van der Waals surface area contributed by atoms with Gasteiger partial charge in [0.25, 0.3) is 11.8 Å². The van der Waals surface area contributed by atoms with Crippen LogP contribution in [0, 0.1) is 0 Å². The van der Waals surface area contributed by atoms with Crippen molar-refractivity contribution in [2.45, 2.75) is 25.7 Å². The lowest BCUT2D eigenvalue weighted by Gasteiger charge is -2.12. The van der Waals surface area contributed by atoms with Gasteiger partial charge in [0.1, 0.15) is 5.00 Å². The molecule has 31 heavy (non-hydrogen) atoms. The molecule has 162 valence electrons. The van der Waals surface area contributed by atoms with Crippen LogP contribution in [0.2, 0.25) is 0 Å². The van der Waals surface area contributed by atoms with Crippen molar-refractivity contribution in [3.63, 3.8) is 0 Å². The summed E-state index contributed by atoms with van der Waals surface area (Å²) in [6.07, 6.45) is 3.90. The number of rotatable bonds is 6. The number of thiophene rings is 1. The average Bonchev–Trinajstić information content (AvgIpc) is 3.43. The fourth-order valence-electron chi connectivity index (χ4n) is 3.69. The zero-order valence-electron chi connectivity index (χ0n) is 17.5. The molecule has 8 nitrogen and oxygen atoms in total. The number of amides is 2. The number of carbonyl (C=O) groups is 2. The summed E-state index contributed by atoms with van der Waals surface area (Å²) < 4.78 is 15.9. The molecule has 1 aromatic carbocycles. The molecule has 9 heteroatoms. The monoisotopic (exact) mass is 441 g/mol. The molecule has 1 aliphatic carbocycles. The topological polar surface area (TPSA) is 103 Å². The van der Waals surface area contributed by atoms with Crippen molar-refractivity contribution in [1.29, 1.82) is 0 Å². The van der Waals surface area contributed by atoms with E-state index < -0.39 is 5.91 Å². The summed E-state index contributed by atoms with van der Waals surface area (Å²) in [6.45, 7) is 0. The molecule has 1 aliphatic rings. The van der Waals surface area contributed by atoms with E-state index in [1.54, 1.807) is 45.5 Å². The minimum absolute atomic E-state index is 0.124. The third-order valence-corrected chi connectivity index (χ3v) is 6.47. The van der Waals surface area contributed by atoms with Gasteiger partial charge >= 0.3 is 0 Å². The highest BCUT2D eigenvalue weighted by atomic mass is 32.1. The molecule has 3 aromatic rings. The predicted molar refractivity (Wildman–Crippen MR) is 117 cm³/mol. The average molecular weight is 442 g/mol. The maximum absolute atomic E-state index is 12.9. The Labute approximate surface area is 183 Å². The number of aryl methyl sites for hydroxylation is 1. The smallest absolute Gasteiger partial charge is 0.278 e. The fourth-order valence-corrected chi connectivity index (χ4v) is 4.98. The van der Waals surface area contributed by atoms with Gasteiger partial charge in [-0.3, -0.25) is 9.59 Å². The SMILES string of the molecule is CNC(=O)c1c(NC(=O)c2cc(-c3ccc(OC)c(OC)c3)on2)sc2c1CCCC2. The zero-order chi connectivity index (χ0) is 22.0. The Balaban J connectivity index is 1.59.